The summed E-state index contributed by atoms with van der Waals surface area (Å²) >= 11 is 0. The molecule has 2 N–H and O–H groups in total. The Labute approximate surface area is 87.3 Å². The quantitative estimate of drug-likeness (QED) is 0.593. The van der Waals surface area contributed by atoms with E-state index < -0.39 is 0 Å². The highest BCUT2D eigenvalue weighted by molar-refractivity contribution is 5.99. The van der Waals surface area contributed by atoms with Crippen LogP contribution in [0, 0.1) is 0 Å². The van der Waals surface area contributed by atoms with Crippen molar-refractivity contribution in [2.45, 2.75) is 6.92 Å². The monoisotopic (exact) mass is 201 g/mol. The van der Waals surface area contributed by atoms with Crippen molar-refractivity contribution >= 4 is 11.5 Å². The molecule has 1 aromatic heterocycles. The van der Waals surface area contributed by atoms with Crippen LogP contribution in [0.4, 0.5) is 5.69 Å². The predicted molar refractivity (Wildman–Crippen MR) is 58.0 cm³/mol. The van der Waals surface area contributed by atoms with Crippen LogP contribution in [0.15, 0.2) is 36.7 Å². The topological polar surface area (TPSA) is 60.9 Å². The van der Waals surface area contributed by atoms with E-state index in [2.05, 4.69) is 5.10 Å². The average molecular weight is 201 g/mol. The average Bonchev–Trinajstić information content (AvgIpc) is 2.71. The molecule has 76 valence electrons. The molecule has 2 aromatic rings. The first-order chi connectivity index (χ1) is 7.18. The van der Waals surface area contributed by atoms with Crippen LogP contribution < -0.4 is 5.73 Å². The molecule has 0 fully saturated rings. The smallest absolute Gasteiger partial charge is 0.161 e. The van der Waals surface area contributed by atoms with Crippen LogP contribution in [0.25, 0.3) is 5.69 Å². The molecule has 0 unspecified atom stereocenters. The molecule has 0 bridgehead atoms. The highest BCUT2D eigenvalue weighted by atomic mass is 16.1. The van der Waals surface area contributed by atoms with Gasteiger partial charge in [-0.3, -0.25) is 4.79 Å². The SMILES string of the molecule is CC(=O)c1cc(-n2cccn2)ccc1N. The molecule has 4 nitrogen and oxygen atoms in total. The van der Waals surface area contributed by atoms with Crippen LogP contribution in [-0.4, -0.2) is 15.6 Å². The molecule has 0 atom stereocenters. The number of nitrogens with two attached hydrogens (primary N) is 1. The van der Waals surface area contributed by atoms with Crippen LogP contribution in [0.3, 0.4) is 0 Å². The maximum Gasteiger partial charge on any atom is 0.161 e. The Balaban J connectivity index is 2.52. The Bertz CT molecular complexity index is 489. The van der Waals surface area contributed by atoms with Crippen molar-refractivity contribution in [3.8, 4) is 5.69 Å². The zero-order valence-corrected chi connectivity index (χ0v) is 8.34. The number of carbonyl (C=O) groups excluding carboxylic acids is 1. The number of carbonyl (C=O) groups is 1. The predicted octanol–water partition coefficient (Wildman–Crippen LogP) is 1.66. The molecule has 2 rings (SSSR count). The van der Waals surface area contributed by atoms with E-state index in [-0.39, 0.29) is 5.78 Å². The van der Waals surface area contributed by atoms with Gasteiger partial charge in [0.25, 0.3) is 0 Å². The van der Waals surface area contributed by atoms with E-state index in [9.17, 15) is 4.79 Å². The number of hydrogen-bond donors (Lipinski definition) is 1. The summed E-state index contributed by atoms with van der Waals surface area (Å²) in [6, 6.07) is 7.11. The number of hydrogen-bond acceptors (Lipinski definition) is 3. The molecule has 0 radical (unpaired) electrons. The fourth-order valence-corrected chi connectivity index (χ4v) is 1.41. The minimum Gasteiger partial charge on any atom is -0.398 e. The van der Waals surface area contributed by atoms with Gasteiger partial charge in [-0.2, -0.15) is 5.10 Å². The lowest BCUT2D eigenvalue weighted by Gasteiger charge is -2.05. The molecule has 1 aromatic carbocycles. The lowest BCUT2D eigenvalue weighted by atomic mass is 10.1. The summed E-state index contributed by atoms with van der Waals surface area (Å²) in [5.41, 5.74) is 7.56. The third-order valence-electron chi connectivity index (χ3n) is 2.19. The highest BCUT2D eigenvalue weighted by Gasteiger charge is 2.06. The number of rotatable bonds is 2. The van der Waals surface area contributed by atoms with Gasteiger partial charge in [-0.25, -0.2) is 4.68 Å². The van der Waals surface area contributed by atoms with E-state index in [0.29, 0.717) is 11.3 Å². The van der Waals surface area contributed by atoms with Crippen molar-refractivity contribution in [2.24, 2.45) is 0 Å². The van der Waals surface area contributed by atoms with Gasteiger partial charge in [0.15, 0.2) is 5.78 Å². The number of ketones is 1. The second kappa shape index (κ2) is 3.57. The second-order valence-corrected chi connectivity index (χ2v) is 3.28. The maximum absolute atomic E-state index is 11.3. The first-order valence-corrected chi connectivity index (χ1v) is 4.59. The molecule has 0 saturated carbocycles. The van der Waals surface area contributed by atoms with Gasteiger partial charge in [0.05, 0.1) is 5.69 Å². The molecule has 15 heavy (non-hydrogen) atoms. The number of benzene rings is 1. The van der Waals surface area contributed by atoms with Gasteiger partial charge in [0.1, 0.15) is 0 Å². The first kappa shape index (κ1) is 9.45. The zero-order chi connectivity index (χ0) is 10.8. The molecule has 1 heterocycles. The number of anilines is 1. The van der Waals surface area contributed by atoms with Gasteiger partial charge in [-0.05, 0) is 31.2 Å². The summed E-state index contributed by atoms with van der Waals surface area (Å²) in [5.74, 6) is -0.0403. The normalized spacial score (nSPS) is 10.2. The Morgan fingerprint density at radius 2 is 2.27 bits per heavy atom. The standard InChI is InChI=1S/C11H11N3O/c1-8(15)10-7-9(3-4-11(10)12)14-6-2-5-13-14/h2-7H,12H2,1H3. The lowest BCUT2D eigenvalue weighted by Crippen LogP contribution is -2.02. The van der Waals surface area contributed by atoms with Crippen molar-refractivity contribution in [3.05, 3.63) is 42.2 Å². The summed E-state index contributed by atoms with van der Waals surface area (Å²) < 4.78 is 1.69. The third-order valence-corrected chi connectivity index (χ3v) is 2.19. The molecule has 0 aliphatic rings. The minimum atomic E-state index is -0.0403. The molecule has 0 amide bonds. The van der Waals surface area contributed by atoms with Crippen molar-refractivity contribution in [3.63, 3.8) is 0 Å². The summed E-state index contributed by atoms with van der Waals surface area (Å²) in [6.45, 7) is 1.50. The summed E-state index contributed by atoms with van der Waals surface area (Å²) in [5, 5.41) is 4.08. The molecule has 0 saturated heterocycles. The van der Waals surface area contributed by atoms with Gasteiger partial charge < -0.3 is 5.73 Å². The van der Waals surface area contributed by atoms with Crippen LogP contribution >= 0.6 is 0 Å². The van der Waals surface area contributed by atoms with E-state index in [1.54, 1.807) is 23.0 Å². The van der Waals surface area contributed by atoms with Crippen molar-refractivity contribution in [2.75, 3.05) is 5.73 Å². The molecule has 0 aliphatic carbocycles. The number of nitrogen functional groups attached to an aromatic ring is 1. The van der Waals surface area contributed by atoms with E-state index in [1.165, 1.54) is 6.92 Å². The maximum atomic E-state index is 11.3. The van der Waals surface area contributed by atoms with Gasteiger partial charge in [0, 0.05) is 23.6 Å². The third kappa shape index (κ3) is 1.74. The van der Waals surface area contributed by atoms with Crippen LogP contribution in [-0.2, 0) is 0 Å². The molecular formula is C11H11N3O. The van der Waals surface area contributed by atoms with E-state index in [4.69, 9.17) is 5.73 Å². The lowest BCUT2D eigenvalue weighted by molar-refractivity contribution is 0.101. The fourth-order valence-electron chi connectivity index (χ4n) is 1.41. The van der Waals surface area contributed by atoms with Crippen molar-refractivity contribution in [1.29, 1.82) is 0 Å². The summed E-state index contributed by atoms with van der Waals surface area (Å²) in [4.78, 5) is 11.3. The van der Waals surface area contributed by atoms with Gasteiger partial charge in [-0.15, -0.1) is 0 Å². The van der Waals surface area contributed by atoms with Crippen LogP contribution in [0.5, 0.6) is 0 Å². The van der Waals surface area contributed by atoms with Gasteiger partial charge in [-0.1, -0.05) is 0 Å². The molecule has 4 heteroatoms. The Morgan fingerprint density at radius 1 is 1.47 bits per heavy atom. The number of aromatic nitrogens is 2. The molecule has 0 aliphatic heterocycles. The van der Waals surface area contributed by atoms with Crippen molar-refractivity contribution in [1.82, 2.24) is 9.78 Å². The summed E-state index contributed by atoms with van der Waals surface area (Å²) in [6.07, 6.45) is 3.50. The second-order valence-electron chi connectivity index (χ2n) is 3.28. The Kier molecular flexibility index (Phi) is 2.25. The van der Waals surface area contributed by atoms with Crippen LogP contribution in [0.1, 0.15) is 17.3 Å². The zero-order valence-electron chi connectivity index (χ0n) is 8.34. The fraction of sp³-hybridized carbons (Fsp3) is 0.0909. The van der Waals surface area contributed by atoms with Crippen molar-refractivity contribution < 1.29 is 4.79 Å². The summed E-state index contributed by atoms with van der Waals surface area (Å²) in [7, 11) is 0. The van der Waals surface area contributed by atoms with Gasteiger partial charge >= 0.3 is 0 Å². The van der Waals surface area contributed by atoms with E-state index >= 15 is 0 Å². The molecule has 0 spiro atoms. The highest BCUT2D eigenvalue weighted by Crippen LogP contribution is 2.17. The Hall–Kier alpha value is -2.10. The number of Topliss-reactive ketones (excluding diaryl/α,β-unsaturated/α-hetero) is 1. The van der Waals surface area contributed by atoms with Gasteiger partial charge in [0.2, 0.25) is 0 Å². The number of nitrogens with zero attached hydrogens (tertiary/aromatic N) is 2. The van der Waals surface area contributed by atoms with E-state index in [1.807, 2.05) is 18.3 Å². The largest absolute Gasteiger partial charge is 0.398 e. The first-order valence-electron chi connectivity index (χ1n) is 4.59. The minimum absolute atomic E-state index is 0.0403. The Morgan fingerprint density at radius 3 is 2.87 bits per heavy atom. The van der Waals surface area contributed by atoms with Crippen LogP contribution in [0.2, 0.25) is 0 Å². The van der Waals surface area contributed by atoms with E-state index in [0.717, 1.165) is 5.69 Å². The molecular weight excluding hydrogens is 190 g/mol.